The molecule has 5 rings (SSSR count). The van der Waals surface area contributed by atoms with Gasteiger partial charge in [-0.3, -0.25) is 9.36 Å². The number of nitrogens with zero attached hydrogens (tertiary/aromatic N) is 4. The van der Waals surface area contributed by atoms with Crippen LogP contribution in [0, 0.1) is 11.8 Å². The van der Waals surface area contributed by atoms with Gasteiger partial charge < -0.3 is 14.1 Å². The molecule has 0 aliphatic carbocycles. The summed E-state index contributed by atoms with van der Waals surface area (Å²) in [5.74, 6) is 0.368. The number of hydrogen-bond donors (Lipinski definition) is 1. The molecule has 1 aliphatic heterocycles. The molecule has 1 aliphatic rings. The molecule has 3 heterocycles. The first-order valence-corrected chi connectivity index (χ1v) is 13.7. The molecular formula is C30H29N4O6S+. The summed E-state index contributed by atoms with van der Waals surface area (Å²) in [7, 11) is 3.88. The number of ether oxygens (including phenoxy) is 1. The van der Waals surface area contributed by atoms with E-state index < -0.39 is 12.0 Å². The Kier molecular flexibility index (Phi) is 7.46. The minimum Gasteiger partial charge on any atom is -0.463 e. The minimum absolute atomic E-state index is 0.111. The van der Waals surface area contributed by atoms with Gasteiger partial charge in [0.25, 0.3) is 10.5 Å². The molecule has 4 aromatic rings. The summed E-state index contributed by atoms with van der Waals surface area (Å²) < 4.78 is 13.2. The van der Waals surface area contributed by atoms with E-state index in [1.54, 1.807) is 51.1 Å². The first-order valence-electron chi connectivity index (χ1n) is 12.9. The number of rotatable bonds is 7. The molecule has 2 aromatic carbocycles. The Hall–Kier alpha value is -4.77. The lowest BCUT2D eigenvalue weighted by Crippen LogP contribution is -2.39. The molecule has 0 bridgehead atoms. The average molecular weight is 574 g/mol. The van der Waals surface area contributed by atoms with E-state index in [4.69, 9.17) is 9.15 Å². The Balaban J connectivity index is 1.61. The van der Waals surface area contributed by atoms with Crippen molar-refractivity contribution in [2.24, 2.45) is 4.99 Å². The van der Waals surface area contributed by atoms with Crippen LogP contribution in [0.25, 0.3) is 17.4 Å². The number of thiazole rings is 1. The lowest BCUT2D eigenvalue weighted by Gasteiger charge is -2.25. The molecule has 0 saturated heterocycles. The quantitative estimate of drug-likeness (QED) is 0.260. The number of furan rings is 1. The summed E-state index contributed by atoms with van der Waals surface area (Å²) in [6.45, 7) is 5.39. The van der Waals surface area contributed by atoms with E-state index in [0.717, 1.165) is 11.3 Å². The highest BCUT2D eigenvalue weighted by molar-refractivity contribution is 7.07. The van der Waals surface area contributed by atoms with E-state index in [0.29, 0.717) is 43.3 Å². The standard InChI is InChI=1S/C30H29N4O6S/c1-6-39-29(36)26-18(3)31-30-33(27(26)19-9-11-21(12-10-19)32(4)5)28(35)25(41-30)16-22-13-14-24(40-22)20-8-7-17(2)23(15-20)34(37)38/h7-16,27H,6H2,1-5H3,(H,37,38)/q+1/b25-16+. The Labute approximate surface area is 239 Å². The van der Waals surface area contributed by atoms with Crippen molar-refractivity contribution in [3.05, 3.63) is 107 Å². The molecule has 1 atom stereocenters. The van der Waals surface area contributed by atoms with Crippen molar-refractivity contribution >= 4 is 34.8 Å². The second kappa shape index (κ2) is 11.0. The van der Waals surface area contributed by atoms with Gasteiger partial charge in [0.15, 0.2) is 4.80 Å². The van der Waals surface area contributed by atoms with Crippen LogP contribution >= 0.6 is 11.3 Å². The number of fused-ring (bicyclic) bond motifs is 1. The number of carbonyl (C=O) groups excluding carboxylic acids is 1. The topological polar surface area (TPSA) is 117 Å². The molecule has 10 nitrogen and oxygen atoms in total. The van der Waals surface area contributed by atoms with Crippen LogP contribution in [0.5, 0.6) is 0 Å². The van der Waals surface area contributed by atoms with Gasteiger partial charge in [-0.2, -0.15) is 0 Å². The van der Waals surface area contributed by atoms with Gasteiger partial charge in [0.1, 0.15) is 11.5 Å². The first-order chi connectivity index (χ1) is 19.6. The molecule has 11 heteroatoms. The molecule has 0 saturated carbocycles. The molecule has 210 valence electrons. The van der Waals surface area contributed by atoms with E-state index in [1.165, 1.54) is 22.0 Å². The smallest absolute Gasteiger partial charge is 0.338 e. The van der Waals surface area contributed by atoms with Crippen molar-refractivity contribution in [2.45, 2.75) is 26.8 Å². The fourth-order valence-electron chi connectivity index (χ4n) is 4.75. The van der Waals surface area contributed by atoms with E-state index in [1.807, 2.05) is 43.3 Å². The van der Waals surface area contributed by atoms with Crippen LogP contribution in [-0.4, -0.2) is 41.4 Å². The third-order valence-corrected chi connectivity index (χ3v) is 7.83. The van der Waals surface area contributed by atoms with Crippen LogP contribution in [0.4, 0.5) is 11.4 Å². The number of allylic oxidation sites excluding steroid dienone is 1. The Morgan fingerprint density at radius 3 is 2.56 bits per heavy atom. The number of aryl methyl sites for hydroxylation is 1. The Morgan fingerprint density at radius 2 is 1.90 bits per heavy atom. The van der Waals surface area contributed by atoms with Gasteiger partial charge >= 0.3 is 11.7 Å². The predicted molar refractivity (Wildman–Crippen MR) is 155 cm³/mol. The van der Waals surface area contributed by atoms with Gasteiger partial charge in [0.2, 0.25) is 0 Å². The second-order valence-electron chi connectivity index (χ2n) is 9.76. The van der Waals surface area contributed by atoms with Gasteiger partial charge in [-0.05, 0) is 50.6 Å². The van der Waals surface area contributed by atoms with Gasteiger partial charge in [-0.15, -0.1) is 0 Å². The van der Waals surface area contributed by atoms with Crippen LogP contribution in [-0.2, 0) is 9.53 Å². The molecule has 0 amide bonds. The number of benzene rings is 2. The largest absolute Gasteiger partial charge is 0.463 e. The summed E-state index contributed by atoms with van der Waals surface area (Å²) in [5.41, 5.74) is 3.55. The molecule has 1 unspecified atom stereocenters. The number of carbonyl (C=O) groups is 1. The van der Waals surface area contributed by atoms with Gasteiger partial charge in [-0.1, -0.05) is 35.6 Å². The van der Waals surface area contributed by atoms with Crippen molar-refractivity contribution in [1.82, 2.24) is 4.57 Å². The zero-order chi connectivity index (χ0) is 29.4. The maximum absolute atomic E-state index is 13.8. The highest BCUT2D eigenvalue weighted by Gasteiger charge is 2.33. The molecule has 2 aromatic heterocycles. The fourth-order valence-corrected chi connectivity index (χ4v) is 5.77. The molecule has 1 N–H and O–H groups in total. The average Bonchev–Trinajstić information content (AvgIpc) is 3.52. The molecule has 0 fully saturated rings. The van der Waals surface area contributed by atoms with E-state index in [2.05, 4.69) is 4.99 Å². The third-order valence-electron chi connectivity index (χ3n) is 6.84. The van der Waals surface area contributed by atoms with Crippen molar-refractivity contribution in [1.29, 1.82) is 0 Å². The lowest BCUT2D eigenvalue weighted by atomic mass is 9.95. The maximum atomic E-state index is 13.8. The first kappa shape index (κ1) is 27.8. The third kappa shape index (κ3) is 5.23. The van der Waals surface area contributed by atoms with Crippen molar-refractivity contribution in [3.63, 3.8) is 0 Å². The highest BCUT2D eigenvalue weighted by Crippen LogP contribution is 2.32. The highest BCUT2D eigenvalue weighted by atomic mass is 32.1. The predicted octanol–water partition coefficient (Wildman–Crippen LogP) is 4.23. The maximum Gasteiger partial charge on any atom is 0.338 e. The van der Waals surface area contributed by atoms with Crippen LogP contribution in [0.3, 0.4) is 0 Å². The number of aromatic nitrogens is 1. The summed E-state index contributed by atoms with van der Waals surface area (Å²) in [6.07, 6.45) is 1.63. The van der Waals surface area contributed by atoms with Crippen molar-refractivity contribution in [2.75, 3.05) is 25.6 Å². The van der Waals surface area contributed by atoms with Crippen LogP contribution in [0.15, 0.2) is 80.1 Å². The molecule has 41 heavy (non-hydrogen) atoms. The van der Waals surface area contributed by atoms with Crippen LogP contribution < -0.4 is 19.8 Å². The Morgan fingerprint density at radius 1 is 1.17 bits per heavy atom. The summed E-state index contributed by atoms with van der Waals surface area (Å²) in [6, 6.07) is 15.4. The normalized spacial score (nSPS) is 15.0. The van der Waals surface area contributed by atoms with Crippen molar-refractivity contribution < 1.29 is 24.1 Å². The SMILES string of the molecule is CCOC(=O)C1=C(C)N=c2s/c(=C/c3ccc(-c4ccc(C)c([N+](=O)O)c4)o3)c(=O)n2C1c1ccc(N(C)C)cc1. The summed E-state index contributed by atoms with van der Waals surface area (Å²) >= 11 is 1.20. The molecule has 0 radical (unpaired) electrons. The molecular weight excluding hydrogens is 544 g/mol. The van der Waals surface area contributed by atoms with Crippen molar-refractivity contribution in [3.8, 4) is 11.3 Å². The second-order valence-corrected chi connectivity index (χ2v) is 10.8. The van der Waals surface area contributed by atoms with E-state index >= 15 is 0 Å². The number of esters is 1. The van der Waals surface area contributed by atoms with Gasteiger partial charge in [-0.25, -0.2) is 15.0 Å². The molecule has 0 spiro atoms. The van der Waals surface area contributed by atoms with E-state index in [9.17, 15) is 19.7 Å². The van der Waals surface area contributed by atoms with E-state index in [-0.39, 0.29) is 22.8 Å². The lowest BCUT2D eigenvalue weighted by molar-refractivity contribution is -0.730. The summed E-state index contributed by atoms with van der Waals surface area (Å²) in [4.78, 5) is 45.3. The van der Waals surface area contributed by atoms with Crippen LogP contribution in [0.2, 0.25) is 0 Å². The van der Waals surface area contributed by atoms with Gasteiger partial charge in [0.05, 0.1) is 33.4 Å². The zero-order valence-corrected chi connectivity index (χ0v) is 24.1. The summed E-state index contributed by atoms with van der Waals surface area (Å²) in [5, 5.41) is 9.39. The zero-order valence-electron chi connectivity index (χ0n) is 23.2. The number of anilines is 1. The number of hydrogen-bond acceptors (Lipinski definition) is 8. The monoisotopic (exact) mass is 573 g/mol. The van der Waals surface area contributed by atoms with Gasteiger partial charge in [0, 0.05) is 43.1 Å². The fraction of sp³-hybridized carbons (Fsp3) is 0.233. The minimum atomic E-state index is -0.713. The Bertz CT molecular complexity index is 1880. The van der Waals surface area contributed by atoms with Crippen LogP contribution in [0.1, 0.15) is 36.8 Å².